The zero-order valence-electron chi connectivity index (χ0n) is 12.6. The van der Waals surface area contributed by atoms with Crippen molar-refractivity contribution in [2.45, 2.75) is 13.3 Å². The summed E-state index contributed by atoms with van der Waals surface area (Å²) >= 11 is 0. The van der Waals surface area contributed by atoms with Gasteiger partial charge in [-0.25, -0.2) is 0 Å². The van der Waals surface area contributed by atoms with Gasteiger partial charge in [0.1, 0.15) is 5.58 Å². The van der Waals surface area contributed by atoms with Crippen molar-refractivity contribution in [1.29, 1.82) is 0 Å². The first-order chi connectivity index (χ1) is 11.2. The number of carbonyl (C=O) groups is 1. The molecule has 116 valence electrons. The van der Waals surface area contributed by atoms with Gasteiger partial charge in [-0.05, 0) is 31.2 Å². The van der Waals surface area contributed by atoms with Crippen LogP contribution in [0.2, 0.25) is 0 Å². The lowest BCUT2D eigenvalue weighted by Crippen LogP contribution is -2.14. The molecule has 5 nitrogen and oxygen atoms in total. The van der Waals surface area contributed by atoms with E-state index in [-0.39, 0.29) is 19.1 Å². The molecular formula is C18H15NO4. The van der Waals surface area contributed by atoms with Gasteiger partial charge in [-0.15, -0.1) is 0 Å². The van der Waals surface area contributed by atoms with E-state index >= 15 is 0 Å². The van der Waals surface area contributed by atoms with Crippen LogP contribution >= 0.6 is 0 Å². The van der Waals surface area contributed by atoms with Gasteiger partial charge in [-0.3, -0.25) is 4.79 Å². The molecule has 2 heterocycles. The highest BCUT2D eigenvalue weighted by Gasteiger charge is 2.15. The highest BCUT2D eigenvalue weighted by molar-refractivity contribution is 5.95. The molecule has 1 amide bonds. The molecule has 5 heteroatoms. The Hall–Kier alpha value is -2.95. The minimum atomic E-state index is -0.104. The molecule has 1 aliphatic rings. The topological polar surface area (TPSA) is 60.7 Å². The number of carbonyl (C=O) groups excluding carboxylic acids is 1. The lowest BCUT2D eigenvalue weighted by molar-refractivity contribution is -0.115. The van der Waals surface area contributed by atoms with Crippen LogP contribution in [-0.2, 0) is 11.2 Å². The molecule has 1 N–H and O–H groups in total. The fourth-order valence-corrected chi connectivity index (χ4v) is 2.68. The number of aryl methyl sites for hydroxylation is 1. The first kappa shape index (κ1) is 13.7. The van der Waals surface area contributed by atoms with Gasteiger partial charge in [0.05, 0.1) is 12.7 Å². The van der Waals surface area contributed by atoms with E-state index in [2.05, 4.69) is 5.32 Å². The van der Waals surface area contributed by atoms with E-state index in [9.17, 15) is 4.79 Å². The van der Waals surface area contributed by atoms with Gasteiger partial charge < -0.3 is 19.2 Å². The van der Waals surface area contributed by atoms with Crippen molar-refractivity contribution in [2.75, 3.05) is 12.1 Å². The van der Waals surface area contributed by atoms with Crippen molar-refractivity contribution in [3.05, 3.63) is 53.8 Å². The summed E-state index contributed by atoms with van der Waals surface area (Å²) in [6.07, 6.45) is 1.90. The number of amides is 1. The fourth-order valence-electron chi connectivity index (χ4n) is 2.68. The highest BCUT2D eigenvalue weighted by Crippen LogP contribution is 2.34. The molecule has 0 bridgehead atoms. The van der Waals surface area contributed by atoms with E-state index < -0.39 is 0 Å². The highest BCUT2D eigenvalue weighted by atomic mass is 16.7. The van der Waals surface area contributed by atoms with E-state index in [1.54, 1.807) is 24.5 Å². The summed E-state index contributed by atoms with van der Waals surface area (Å²) in [5.74, 6) is 1.24. The summed E-state index contributed by atoms with van der Waals surface area (Å²) in [6, 6.07) is 11.3. The molecule has 1 aromatic heterocycles. The van der Waals surface area contributed by atoms with Crippen LogP contribution in [0.5, 0.6) is 11.5 Å². The van der Waals surface area contributed by atoms with Crippen molar-refractivity contribution in [3.8, 4) is 11.5 Å². The van der Waals surface area contributed by atoms with Gasteiger partial charge >= 0.3 is 0 Å². The lowest BCUT2D eigenvalue weighted by Gasteiger charge is -2.05. The summed E-state index contributed by atoms with van der Waals surface area (Å²) in [4.78, 5) is 12.3. The van der Waals surface area contributed by atoms with E-state index in [4.69, 9.17) is 13.9 Å². The lowest BCUT2D eigenvalue weighted by atomic mass is 10.1. The first-order valence-corrected chi connectivity index (χ1v) is 7.35. The Morgan fingerprint density at radius 1 is 1.13 bits per heavy atom. The predicted molar refractivity (Wildman–Crippen MR) is 85.8 cm³/mol. The van der Waals surface area contributed by atoms with Crippen LogP contribution in [0.1, 0.15) is 11.1 Å². The summed E-state index contributed by atoms with van der Waals surface area (Å²) in [6.45, 7) is 2.23. The van der Waals surface area contributed by atoms with Crippen LogP contribution in [0.15, 0.2) is 47.1 Å². The number of ether oxygens (including phenoxy) is 2. The van der Waals surface area contributed by atoms with Gasteiger partial charge in [0, 0.05) is 22.7 Å². The number of fused-ring (bicyclic) bond motifs is 2. The van der Waals surface area contributed by atoms with Crippen molar-refractivity contribution < 1.29 is 18.7 Å². The summed E-state index contributed by atoms with van der Waals surface area (Å²) in [7, 11) is 0. The molecule has 0 saturated carbocycles. The molecule has 3 aromatic rings. The third-order valence-corrected chi connectivity index (χ3v) is 3.82. The molecule has 0 saturated heterocycles. The molecule has 1 aliphatic heterocycles. The maximum Gasteiger partial charge on any atom is 0.231 e. The third kappa shape index (κ3) is 2.61. The van der Waals surface area contributed by atoms with Gasteiger partial charge in [-0.1, -0.05) is 11.6 Å². The number of anilines is 1. The van der Waals surface area contributed by atoms with Gasteiger partial charge in [-0.2, -0.15) is 0 Å². The maximum absolute atomic E-state index is 12.3. The molecule has 0 unspecified atom stereocenters. The van der Waals surface area contributed by atoms with E-state index in [1.165, 1.54) is 0 Å². The largest absolute Gasteiger partial charge is 0.464 e. The Balaban J connectivity index is 1.52. The van der Waals surface area contributed by atoms with Crippen molar-refractivity contribution in [2.24, 2.45) is 0 Å². The van der Waals surface area contributed by atoms with E-state index in [1.807, 2.05) is 25.1 Å². The summed E-state index contributed by atoms with van der Waals surface area (Å²) in [5.41, 5.74) is 3.49. The molecule has 23 heavy (non-hydrogen) atoms. The van der Waals surface area contributed by atoms with Crippen molar-refractivity contribution in [3.63, 3.8) is 0 Å². The minimum Gasteiger partial charge on any atom is -0.464 e. The van der Waals surface area contributed by atoms with Gasteiger partial charge in [0.25, 0.3) is 0 Å². The summed E-state index contributed by atoms with van der Waals surface area (Å²) < 4.78 is 16.1. The zero-order valence-corrected chi connectivity index (χ0v) is 12.6. The molecule has 0 spiro atoms. The number of furan rings is 1. The Labute approximate surface area is 132 Å². The molecule has 4 rings (SSSR count). The quantitative estimate of drug-likeness (QED) is 0.802. The predicted octanol–water partition coefficient (Wildman–Crippen LogP) is 3.65. The smallest absolute Gasteiger partial charge is 0.231 e. The Morgan fingerprint density at radius 2 is 2.00 bits per heavy atom. The molecule has 2 aromatic carbocycles. The fraction of sp³-hybridized carbons (Fsp3) is 0.167. The molecule has 0 aliphatic carbocycles. The second-order valence-electron chi connectivity index (χ2n) is 5.55. The van der Waals surface area contributed by atoms with Crippen LogP contribution in [0.3, 0.4) is 0 Å². The second-order valence-corrected chi connectivity index (χ2v) is 5.55. The van der Waals surface area contributed by atoms with Crippen LogP contribution in [0, 0.1) is 6.92 Å². The minimum absolute atomic E-state index is 0.104. The van der Waals surface area contributed by atoms with Gasteiger partial charge in [0.15, 0.2) is 11.5 Å². The second kappa shape index (κ2) is 5.35. The SMILES string of the molecule is Cc1ccc2occ(CC(=O)Nc3ccc4c(c3)OCO4)c2c1. The van der Waals surface area contributed by atoms with Crippen molar-refractivity contribution >= 4 is 22.6 Å². The van der Waals surface area contributed by atoms with Crippen LogP contribution in [0.25, 0.3) is 11.0 Å². The monoisotopic (exact) mass is 309 g/mol. The van der Waals surface area contributed by atoms with E-state index in [0.717, 1.165) is 22.1 Å². The third-order valence-electron chi connectivity index (χ3n) is 3.82. The summed E-state index contributed by atoms with van der Waals surface area (Å²) in [5, 5.41) is 3.85. The Bertz CT molecular complexity index is 897. The Kier molecular flexibility index (Phi) is 3.19. The molecule has 0 atom stereocenters. The van der Waals surface area contributed by atoms with Crippen molar-refractivity contribution in [1.82, 2.24) is 0 Å². The first-order valence-electron chi connectivity index (χ1n) is 7.35. The average Bonchev–Trinajstić information content (AvgIpc) is 3.14. The molecule has 0 fully saturated rings. The van der Waals surface area contributed by atoms with Crippen LogP contribution in [-0.4, -0.2) is 12.7 Å². The maximum atomic E-state index is 12.3. The number of nitrogens with one attached hydrogen (secondary N) is 1. The normalized spacial score (nSPS) is 12.6. The van der Waals surface area contributed by atoms with Gasteiger partial charge in [0.2, 0.25) is 12.7 Å². The molecule has 0 radical (unpaired) electrons. The zero-order chi connectivity index (χ0) is 15.8. The van der Waals surface area contributed by atoms with Crippen LogP contribution < -0.4 is 14.8 Å². The average molecular weight is 309 g/mol. The number of hydrogen-bond acceptors (Lipinski definition) is 4. The standard InChI is InChI=1S/C18H15NO4/c1-11-2-4-15-14(6-11)12(9-21-15)7-18(20)19-13-3-5-16-17(8-13)23-10-22-16/h2-6,8-9H,7,10H2,1H3,(H,19,20). The molecular weight excluding hydrogens is 294 g/mol. The number of benzene rings is 2. The van der Waals surface area contributed by atoms with Crippen LogP contribution in [0.4, 0.5) is 5.69 Å². The Morgan fingerprint density at radius 3 is 2.91 bits per heavy atom. The number of rotatable bonds is 3. The van der Waals surface area contributed by atoms with E-state index in [0.29, 0.717) is 17.2 Å². The number of hydrogen-bond donors (Lipinski definition) is 1.